The first-order chi connectivity index (χ1) is 12.7. The quantitative estimate of drug-likeness (QED) is 0.783. The normalized spacial score (nSPS) is 33.7. The lowest BCUT2D eigenvalue weighted by atomic mass is 9.80. The van der Waals surface area contributed by atoms with Crippen molar-refractivity contribution in [1.82, 2.24) is 4.57 Å². The molecule has 5 rings (SSSR count). The van der Waals surface area contributed by atoms with Gasteiger partial charge in [0.05, 0.1) is 45.5 Å². The van der Waals surface area contributed by atoms with Crippen LogP contribution in [0.15, 0.2) is 39.7 Å². The van der Waals surface area contributed by atoms with Crippen molar-refractivity contribution in [3.05, 3.63) is 46.6 Å². The minimum atomic E-state index is 0.149. The van der Waals surface area contributed by atoms with E-state index >= 15 is 0 Å². The number of fused-ring (bicyclic) bond motifs is 4. The van der Waals surface area contributed by atoms with Gasteiger partial charge in [0, 0.05) is 48.5 Å². The van der Waals surface area contributed by atoms with Crippen molar-refractivity contribution in [1.29, 1.82) is 0 Å². The fourth-order valence-corrected chi connectivity index (χ4v) is 5.66. The van der Waals surface area contributed by atoms with Gasteiger partial charge in [0.2, 0.25) is 0 Å². The van der Waals surface area contributed by atoms with Gasteiger partial charge in [-0.15, -0.1) is 0 Å². The Morgan fingerprint density at radius 1 is 1.15 bits per heavy atom. The second-order valence-electron chi connectivity index (χ2n) is 8.65. The number of rotatable bonds is 2. The van der Waals surface area contributed by atoms with Crippen molar-refractivity contribution in [3.8, 4) is 11.3 Å². The predicted octanol–water partition coefficient (Wildman–Crippen LogP) is -0.213. The standard InChI is InChI=1S/C21H27N3O2/c1-22-8-6-17(7-9-22)23-12-15-11-16(14-23)21-18(19-3-2-10-26-19)4-5-20(25)24(21)13-15/h2-5,10,15-17H,6-9,11-14H2,1H3/p+2/t15-,16+/m0/s1. The third kappa shape index (κ3) is 2.74. The summed E-state index contributed by atoms with van der Waals surface area (Å²) in [6, 6.07) is 8.44. The minimum absolute atomic E-state index is 0.149. The number of hydrogen-bond acceptors (Lipinski definition) is 2. The van der Waals surface area contributed by atoms with E-state index in [2.05, 4.69) is 7.05 Å². The van der Waals surface area contributed by atoms with Gasteiger partial charge in [0.25, 0.3) is 5.56 Å². The Hall–Kier alpha value is -1.85. The Bertz CT molecular complexity index is 833. The number of furan rings is 1. The fraction of sp³-hybridized carbons (Fsp3) is 0.571. The smallest absolute Gasteiger partial charge is 0.250 e. The van der Waals surface area contributed by atoms with Crippen LogP contribution >= 0.6 is 0 Å². The van der Waals surface area contributed by atoms with Crippen molar-refractivity contribution in [2.75, 3.05) is 33.2 Å². The third-order valence-corrected chi connectivity index (χ3v) is 6.93. The van der Waals surface area contributed by atoms with E-state index in [0.29, 0.717) is 11.8 Å². The van der Waals surface area contributed by atoms with Crippen LogP contribution in [-0.4, -0.2) is 43.8 Å². The molecule has 138 valence electrons. The monoisotopic (exact) mass is 355 g/mol. The first kappa shape index (κ1) is 16.3. The van der Waals surface area contributed by atoms with Crippen LogP contribution in [0.3, 0.4) is 0 Å². The Morgan fingerprint density at radius 3 is 2.77 bits per heavy atom. The second-order valence-corrected chi connectivity index (χ2v) is 8.65. The molecule has 0 radical (unpaired) electrons. The summed E-state index contributed by atoms with van der Waals surface area (Å²) in [5, 5.41) is 0. The van der Waals surface area contributed by atoms with Gasteiger partial charge in [-0.05, 0) is 24.6 Å². The third-order valence-electron chi connectivity index (χ3n) is 6.93. The minimum Gasteiger partial charge on any atom is -0.464 e. The number of quaternary nitrogens is 2. The molecule has 5 nitrogen and oxygen atoms in total. The maximum Gasteiger partial charge on any atom is 0.250 e. The lowest BCUT2D eigenvalue weighted by molar-refractivity contribution is -0.959. The van der Waals surface area contributed by atoms with Crippen molar-refractivity contribution in [3.63, 3.8) is 0 Å². The Labute approximate surface area is 154 Å². The van der Waals surface area contributed by atoms with Crippen LogP contribution in [0.5, 0.6) is 0 Å². The van der Waals surface area contributed by atoms with E-state index in [-0.39, 0.29) is 5.56 Å². The molecule has 1 unspecified atom stereocenters. The molecule has 0 aliphatic carbocycles. The molecule has 2 bridgehead atoms. The fourth-order valence-electron chi connectivity index (χ4n) is 5.66. The molecule has 0 saturated carbocycles. The van der Waals surface area contributed by atoms with Crippen molar-refractivity contribution >= 4 is 0 Å². The Balaban J connectivity index is 1.49. The molecule has 5 heteroatoms. The molecule has 2 fully saturated rings. The summed E-state index contributed by atoms with van der Waals surface area (Å²) in [7, 11) is 2.31. The summed E-state index contributed by atoms with van der Waals surface area (Å²) in [4.78, 5) is 16.0. The predicted molar refractivity (Wildman–Crippen MR) is 99.6 cm³/mol. The number of piperidine rings is 2. The number of pyridine rings is 1. The van der Waals surface area contributed by atoms with Gasteiger partial charge in [-0.3, -0.25) is 4.79 Å². The van der Waals surface area contributed by atoms with Crippen LogP contribution in [0, 0.1) is 5.92 Å². The van der Waals surface area contributed by atoms with Gasteiger partial charge < -0.3 is 18.8 Å². The van der Waals surface area contributed by atoms with Gasteiger partial charge in [-0.2, -0.15) is 0 Å². The van der Waals surface area contributed by atoms with Gasteiger partial charge in [0.15, 0.2) is 0 Å². The van der Waals surface area contributed by atoms with Crippen LogP contribution in [-0.2, 0) is 6.54 Å². The average molecular weight is 355 g/mol. The highest BCUT2D eigenvalue weighted by Crippen LogP contribution is 2.37. The van der Waals surface area contributed by atoms with E-state index in [9.17, 15) is 4.79 Å². The maximum atomic E-state index is 12.6. The molecular formula is C21H29N3O2+2. The summed E-state index contributed by atoms with van der Waals surface area (Å²) >= 11 is 0. The second kappa shape index (κ2) is 6.39. The highest BCUT2D eigenvalue weighted by Gasteiger charge is 2.42. The number of nitrogens with zero attached hydrogens (tertiary/aromatic N) is 1. The molecular weight excluding hydrogens is 326 g/mol. The molecule has 3 atom stereocenters. The zero-order chi connectivity index (χ0) is 17.7. The first-order valence-electron chi connectivity index (χ1n) is 10.1. The van der Waals surface area contributed by atoms with E-state index in [4.69, 9.17) is 4.42 Å². The molecule has 2 saturated heterocycles. The number of nitrogens with one attached hydrogen (secondary N) is 2. The van der Waals surface area contributed by atoms with E-state index in [1.54, 1.807) is 22.1 Å². The molecule has 3 aliphatic rings. The summed E-state index contributed by atoms with van der Waals surface area (Å²) < 4.78 is 7.74. The molecule has 0 aromatic carbocycles. The lowest BCUT2D eigenvalue weighted by Crippen LogP contribution is -3.21. The molecule has 26 heavy (non-hydrogen) atoms. The summed E-state index contributed by atoms with van der Waals surface area (Å²) in [5.41, 5.74) is 2.49. The first-order valence-corrected chi connectivity index (χ1v) is 10.1. The van der Waals surface area contributed by atoms with Gasteiger partial charge in [-0.1, -0.05) is 0 Å². The van der Waals surface area contributed by atoms with E-state index in [1.807, 2.05) is 22.8 Å². The van der Waals surface area contributed by atoms with Crippen LogP contribution in [0.25, 0.3) is 11.3 Å². The Kier molecular flexibility index (Phi) is 4.02. The van der Waals surface area contributed by atoms with Crippen LogP contribution in [0.2, 0.25) is 0 Å². The molecule has 2 aromatic heterocycles. The molecule has 2 aromatic rings. The van der Waals surface area contributed by atoms with Crippen LogP contribution in [0.1, 0.15) is 30.9 Å². The summed E-state index contributed by atoms with van der Waals surface area (Å²) in [6.45, 7) is 5.88. The van der Waals surface area contributed by atoms with E-state index < -0.39 is 0 Å². The van der Waals surface area contributed by atoms with E-state index in [0.717, 1.165) is 30.5 Å². The molecule has 0 spiro atoms. The highest BCUT2D eigenvalue weighted by atomic mass is 16.3. The summed E-state index contributed by atoms with van der Waals surface area (Å²) in [6.07, 6.45) is 5.63. The highest BCUT2D eigenvalue weighted by molar-refractivity contribution is 5.61. The number of hydrogen-bond donors (Lipinski definition) is 2. The SMILES string of the molecule is C[NH+]1CCC([NH+]2C[C@@H]3C[C@H](C2)c2c(-c4ccco4)ccc(=O)n2C3)CC1. The zero-order valence-corrected chi connectivity index (χ0v) is 15.5. The van der Waals surface area contributed by atoms with Gasteiger partial charge in [-0.25, -0.2) is 0 Å². The molecule has 2 N–H and O–H groups in total. The maximum absolute atomic E-state index is 12.6. The zero-order valence-electron chi connectivity index (χ0n) is 15.5. The number of aromatic nitrogens is 1. The van der Waals surface area contributed by atoms with E-state index in [1.165, 1.54) is 44.6 Å². The largest absolute Gasteiger partial charge is 0.464 e. The topological polar surface area (TPSA) is 44.0 Å². The van der Waals surface area contributed by atoms with Crippen LogP contribution < -0.4 is 15.4 Å². The van der Waals surface area contributed by atoms with Crippen molar-refractivity contribution in [2.24, 2.45) is 5.92 Å². The van der Waals surface area contributed by atoms with Crippen molar-refractivity contribution < 1.29 is 14.2 Å². The number of likely N-dealkylation sites (tertiary alicyclic amines) is 2. The lowest BCUT2D eigenvalue weighted by Gasteiger charge is -2.44. The molecule has 3 aliphatic heterocycles. The summed E-state index contributed by atoms with van der Waals surface area (Å²) in [5.74, 6) is 1.99. The average Bonchev–Trinajstić information content (AvgIpc) is 3.17. The van der Waals surface area contributed by atoms with Gasteiger partial charge in [0.1, 0.15) is 5.76 Å². The molecule has 0 amide bonds. The van der Waals surface area contributed by atoms with Gasteiger partial charge >= 0.3 is 0 Å². The van der Waals surface area contributed by atoms with Crippen molar-refractivity contribution in [2.45, 2.75) is 37.8 Å². The van der Waals surface area contributed by atoms with Crippen LogP contribution in [0.4, 0.5) is 0 Å². The molecule has 5 heterocycles. The Morgan fingerprint density at radius 2 is 2.00 bits per heavy atom.